The zero-order valence-corrected chi connectivity index (χ0v) is 18.4. The first-order chi connectivity index (χ1) is 15.6. The fraction of sp³-hybridized carbons (Fsp3) is 0.714. The van der Waals surface area contributed by atoms with Gasteiger partial charge in [0.05, 0.1) is 12.2 Å². The molecule has 11 heteroatoms. The van der Waals surface area contributed by atoms with E-state index < -0.39 is 48.4 Å². The summed E-state index contributed by atoms with van der Waals surface area (Å²) in [6.07, 6.45) is 3.83. The lowest BCUT2D eigenvalue weighted by Crippen LogP contribution is -2.45. The minimum absolute atomic E-state index is 0.177. The van der Waals surface area contributed by atoms with Gasteiger partial charge in [0.25, 0.3) is 5.56 Å². The van der Waals surface area contributed by atoms with Gasteiger partial charge in [-0.3, -0.25) is 14.3 Å². The van der Waals surface area contributed by atoms with Crippen molar-refractivity contribution < 1.29 is 28.8 Å². The van der Waals surface area contributed by atoms with Gasteiger partial charge in [0, 0.05) is 24.9 Å². The maximum absolute atomic E-state index is 12.7. The number of aromatic amines is 1. The van der Waals surface area contributed by atoms with Crippen molar-refractivity contribution in [3.05, 3.63) is 38.1 Å². The third-order valence-electron chi connectivity index (χ3n) is 5.87. The lowest BCUT2D eigenvalue weighted by molar-refractivity contribution is -0.248. The van der Waals surface area contributed by atoms with Crippen molar-refractivity contribution in [3.8, 4) is 0 Å². The molecule has 0 aromatic carbocycles. The number of hydrogen-bond donors (Lipinski definition) is 2. The predicted octanol–water partition coefficient (Wildman–Crippen LogP) is 1.46. The first-order valence-corrected chi connectivity index (χ1v) is 11.5. The van der Waals surface area contributed by atoms with Gasteiger partial charge in [0.2, 0.25) is 0 Å². The normalized spacial score (nSPS) is 33.7. The third kappa shape index (κ3) is 5.33. The van der Waals surface area contributed by atoms with Crippen LogP contribution in [-0.4, -0.2) is 65.4 Å². The van der Waals surface area contributed by atoms with Gasteiger partial charge in [0.15, 0.2) is 18.8 Å². The standard InChI is InChI=1S/C21H29ClN2O8/c22-8-7-13-11-24(21(27)23-19(13)26)20-18(32-16-6-2-4-10-29-16)17(14(12-25)30-20)31-15-5-1-3-9-28-15/h7-8,11,14-18,20,25H,1-6,9-10,12H2,(H,23,26,27)/b8-7+/t14-,15?,16?,17-,18+,20-/m1/s1. The molecule has 0 aliphatic carbocycles. The van der Waals surface area contributed by atoms with Crippen molar-refractivity contribution in [1.82, 2.24) is 9.55 Å². The lowest BCUT2D eigenvalue weighted by Gasteiger charge is -2.33. The molecule has 178 valence electrons. The highest BCUT2D eigenvalue weighted by Gasteiger charge is 2.49. The molecule has 2 N–H and O–H groups in total. The molecule has 10 nitrogen and oxygen atoms in total. The van der Waals surface area contributed by atoms with Crippen molar-refractivity contribution >= 4 is 17.7 Å². The van der Waals surface area contributed by atoms with Gasteiger partial charge in [-0.15, -0.1) is 0 Å². The average Bonchev–Trinajstić information content (AvgIpc) is 3.14. The van der Waals surface area contributed by atoms with Crippen molar-refractivity contribution in [2.45, 2.75) is 75.6 Å². The van der Waals surface area contributed by atoms with E-state index in [0.717, 1.165) is 32.1 Å². The summed E-state index contributed by atoms with van der Waals surface area (Å²) in [5.74, 6) is 0. The van der Waals surface area contributed by atoms with Crippen LogP contribution in [0.25, 0.3) is 6.08 Å². The smallest absolute Gasteiger partial charge is 0.330 e. The molecule has 0 saturated carbocycles. The summed E-state index contributed by atoms with van der Waals surface area (Å²) in [6.45, 7) is 0.828. The number of aliphatic hydroxyl groups is 1. The molecule has 0 radical (unpaired) electrons. The summed E-state index contributed by atoms with van der Waals surface area (Å²) in [5, 5.41) is 10.0. The van der Waals surface area contributed by atoms with Crippen molar-refractivity contribution in [1.29, 1.82) is 0 Å². The fourth-order valence-electron chi connectivity index (χ4n) is 4.25. The molecule has 2 unspecified atom stereocenters. The Hall–Kier alpha value is -1.53. The molecule has 32 heavy (non-hydrogen) atoms. The molecule has 4 rings (SSSR count). The van der Waals surface area contributed by atoms with E-state index in [-0.39, 0.29) is 12.2 Å². The van der Waals surface area contributed by atoms with E-state index in [4.69, 9.17) is 35.3 Å². The number of H-pyrrole nitrogens is 1. The number of aliphatic hydroxyl groups excluding tert-OH is 1. The van der Waals surface area contributed by atoms with Gasteiger partial charge >= 0.3 is 5.69 Å². The number of aromatic nitrogens is 2. The Morgan fingerprint density at radius 3 is 2.31 bits per heavy atom. The van der Waals surface area contributed by atoms with Crippen LogP contribution in [0.4, 0.5) is 0 Å². The SMILES string of the molecule is O=c1[nH]c(=O)n([C@@H]2O[C@H](CO)[C@@H](OC3CCCCO3)[C@@H]2OC2CCCCO2)cc1/C=C/Cl. The minimum atomic E-state index is -0.960. The summed E-state index contributed by atoms with van der Waals surface area (Å²) in [4.78, 5) is 27.0. The maximum Gasteiger partial charge on any atom is 0.330 e. The van der Waals surface area contributed by atoms with Crippen molar-refractivity contribution in [2.24, 2.45) is 0 Å². The monoisotopic (exact) mass is 472 g/mol. The summed E-state index contributed by atoms with van der Waals surface area (Å²) in [6, 6.07) is 0. The number of nitrogens with zero attached hydrogens (tertiary/aromatic N) is 1. The topological polar surface area (TPSA) is 121 Å². The maximum atomic E-state index is 12.7. The van der Waals surface area contributed by atoms with E-state index >= 15 is 0 Å². The first kappa shape index (κ1) is 23.6. The van der Waals surface area contributed by atoms with Gasteiger partial charge in [-0.2, -0.15) is 0 Å². The zero-order valence-electron chi connectivity index (χ0n) is 17.7. The molecule has 0 amide bonds. The number of rotatable bonds is 7. The van der Waals surface area contributed by atoms with Gasteiger partial charge in [-0.25, -0.2) is 4.79 Å². The van der Waals surface area contributed by atoms with Gasteiger partial charge < -0.3 is 28.8 Å². The Balaban J connectivity index is 1.66. The first-order valence-electron chi connectivity index (χ1n) is 11.0. The number of hydrogen-bond acceptors (Lipinski definition) is 8. The van der Waals surface area contributed by atoms with E-state index in [2.05, 4.69) is 4.98 Å². The van der Waals surface area contributed by atoms with Gasteiger partial charge in [-0.1, -0.05) is 11.6 Å². The summed E-state index contributed by atoms with van der Waals surface area (Å²) in [7, 11) is 0. The number of nitrogens with one attached hydrogen (secondary N) is 1. The van der Waals surface area contributed by atoms with Crippen molar-refractivity contribution in [2.75, 3.05) is 19.8 Å². The van der Waals surface area contributed by atoms with E-state index in [1.165, 1.54) is 22.4 Å². The molecular formula is C21H29ClN2O8. The Morgan fingerprint density at radius 1 is 1.09 bits per heavy atom. The van der Waals surface area contributed by atoms with Crippen LogP contribution < -0.4 is 11.2 Å². The highest BCUT2D eigenvalue weighted by Crippen LogP contribution is 2.36. The Bertz CT molecular complexity index is 891. The quantitative estimate of drug-likeness (QED) is 0.611. The van der Waals surface area contributed by atoms with E-state index in [0.29, 0.717) is 19.6 Å². The van der Waals surface area contributed by atoms with E-state index in [1.54, 1.807) is 0 Å². The molecule has 3 aliphatic heterocycles. The van der Waals surface area contributed by atoms with Crippen LogP contribution in [0.5, 0.6) is 0 Å². The Morgan fingerprint density at radius 2 is 1.75 bits per heavy atom. The van der Waals surface area contributed by atoms with E-state index in [9.17, 15) is 14.7 Å². The molecule has 3 fully saturated rings. The lowest BCUT2D eigenvalue weighted by atomic mass is 10.1. The molecule has 0 spiro atoms. The van der Waals surface area contributed by atoms with Crippen LogP contribution in [0.3, 0.4) is 0 Å². The molecule has 3 aliphatic rings. The number of halogens is 1. The Kier molecular flexibility index (Phi) is 8.17. The highest BCUT2D eigenvalue weighted by molar-refractivity contribution is 6.27. The zero-order chi connectivity index (χ0) is 22.5. The van der Waals surface area contributed by atoms with Gasteiger partial charge in [-0.05, 0) is 44.6 Å². The largest absolute Gasteiger partial charge is 0.394 e. The molecule has 6 atom stereocenters. The minimum Gasteiger partial charge on any atom is -0.394 e. The van der Waals surface area contributed by atoms with Crippen LogP contribution in [0.2, 0.25) is 0 Å². The second-order valence-corrected chi connectivity index (χ2v) is 8.34. The predicted molar refractivity (Wildman–Crippen MR) is 114 cm³/mol. The molecule has 4 heterocycles. The van der Waals surface area contributed by atoms with Crippen LogP contribution in [0.1, 0.15) is 50.3 Å². The molecule has 1 aromatic rings. The second kappa shape index (κ2) is 11.1. The van der Waals surface area contributed by atoms with Crippen LogP contribution >= 0.6 is 11.6 Å². The summed E-state index contributed by atoms with van der Waals surface area (Å²) in [5.41, 5.74) is 0.116. The van der Waals surface area contributed by atoms with Crippen LogP contribution in [0, 0.1) is 0 Å². The van der Waals surface area contributed by atoms with Crippen LogP contribution in [-0.2, 0) is 23.7 Å². The second-order valence-electron chi connectivity index (χ2n) is 8.08. The molecule has 3 saturated heterocycles. The summed E-state index contributed by atoms with van der Waals surface area (Å²) >= 11 is 5.63. The highest BCUT2D eigenvalue weighted by atomic mass is 35.5. The Labute approximate surface area is 190 Å². The van der Waals surface area contributed by atoms with Crippen LogP contribution in [0.15, 0.2) is 21.3 Å². The molecule has 0 bridgehead atoms. The van der Waals surface area contributed by atoms with Gasteiger partial charge in [0.1, 0.15) is 18.3 Å². The van der Waals surface area contributed by atoms with E-state index in [1.807, 2.05) is 0 Å². The molecular weight excluding hydrogens is 444 g/mol. The fourth-order valence-corrected chi connectivity index (χ4v) is 4.39. The number of ether oxygens (including phenoxy) is 5. The average molecular weight is 473 g/mol. The molecule has 1 aromatic heterocycles. The van der Waals surface area contributed by atoms with Crippen molar-refractivity contribution in [3.63, 3.8) is 0 Å². The third-order valence-corrected chi connectivity index (χ3v) is 6.00. The summed E-state index contributed by atoms with van der Waals surface area (Å²) < 4.78 is 31.2.